The highest BCUT2D eigenvalue weighted by molar-refractivity contribution is 6.33. The number of non-ortho nitro benzene ring substituents is 1. The minimum Gasteiger partial charge on any atom is -0.395 e. The Balaban J connectivity index is 2.10. The summed E-state index contributed by atoms with van der Waals surface area (Å²) in [6.07, 6.45) is 0. The zero-order valence-electron chi connectivity index (χ0n) is 11.4. The summed E-state index contributed by atoms with van der Waals surface area (Å²) in [4.78, 5) is 26.3. The molecule has 1 N–H and O–H groups in total. The zero-order chi connectivity index (χ0) is 15.4. The van der Waals surface area contributed by atoms with Gasteiger partial charge in [-0.05, 0) is 6.07 Å². The number of nitro groups is 1. The van der Waals surface area contributed by atoms with Gasteiger partial charge in [0.2, 0.25) is 0 Å². The highest BCUT2D eigenvalue weighted by atomic mass is 35.5. The van der Waals surface area contributed by atoms with Gasteiger partial charge in [0.15, 0.2) is 0 Å². The summed E-state index contributed by atoms with van der Waals surface area (Å²) in [7, 11) is 0. The van der Waals surface area contributed by atoms with Crippen molar-refractivity contribution < 1.29 is 14.8 Å². The van der Waals surface area contributed by atoms with Crippen LogP contribution < -0.4 is 0 Å². The van der Waals surface area contributed by atoms with Crippen LogP contribution in [0.2, 0.25) is 5.02 Å². The van der Waals surface area contributed by atoms with Gasteiger partial charge in [0.25, 0.3) is 11.6 Å². The van der Waals surface area contributed by atoms with E-state index in [-0.39, 0.29) is 28.8 Å². The molecule has 0 bridgehead atoms. The summed E-state index contributed by atoms with van der Waals surface area (Å²) >= 11 is 5.98. The van der Waals surface area contributed by atoms with Gasteiger partial charge in [-0.2, -0.15) is 0 Å². The van der Waals surface area contributed by atoms with Crippen LogP contribution in [0.4, 0.5) is 5.69 Å². The lowest BCUT2D eigenvalue weighted by molar-refractivity contribution is -0.384. The Morgan fingerprint density at radius 2 is 2.00 bits per heavy atom. The van der Waals surface area contributed by atoms with Crippen molar-refractivity contribution in [2.75, 3.05) is 39.3 Å². The Bertz CT molecular complexity index is 544. The number of carbonyl (C=O) groups excluding carboxylic acids is 1. The van der Waals surface area contributed by atoms with Gasteiger partial charge >= 0.3 is 0 Å². The normalized spacial score (nSPS) is 16.0. The molecule has 1 saturated heterocycles. The van der Waals surface area contributed by atoms with E-state index in [0.717, 1.165) is 0 Å². The van der Waals surface area contributed by atoms with Crippen molar-refractivity contribution >= 4 is 23.2 Å². The predicted molar refractivity (Wildman–Crippen MR) is 77.5 cm³/mol. The van der Waals surface area contributed by atoms with E-state index in [9.17, 15) is 14.9 Å². The van der Waals surface area contributed by atoms with E-state index in [4.69, 9.17) is 16.7 Å². The Hall–Kier alpha value is -1.70. The number of aliphatic hydroxyl groups is 1. The van der Waals surface area contributed by atoms with Crippen LogP contribution in [-0.2, 0) is 0 Å². The molecule has 114 valence electrons. The van der Waals surface area contributed by atoms with Crippen molar-refractivity contribution in [2.24, 2.45) is 0 Å². The topological polar surface area (TPSA) is 86.9 Å². The van der Waals surface area contributed by atoms with Crippen LogP contribution >= 0.6 is 11.6 Å². The number of amides is 1. The highest BCUT2D eigenvalue weighted by Crippen LogP contribution is 2.23. The number of nitro benzene ring substituents is 1. The van der Waals surface area contributed by atoms with Gasteiger partial charge < -0.3 is 10.0 Å². The fourth-order valence-electron chi connectivity index (χ4n) is 2.28. The van der Waals surface area contributed by atoms with E-state index >= 15 is 0 Å². The number of nitrogens with zero attached hydrogens (tertiary/aromatic N) is 3. The Labute approximate surface area is 126 Å². The standard InChI is InChI=1S/C13H16ClN3O4/c14-12-2-1-10(17(20)21)9-11(12)13(19)16-5-3-15(4-6-16)7-8-18/h1-2,9,18H,3-8H2. The monoisotopic (exact) mass is 313 g/mol. The molecule has 0 spiro atoms. The molecular formula is C13H16ClN3O4. The van der Waals surface area contributed by atoms with Crippen LogP contribution in [0.5, 0.6) is 0 Å². The Morgan fingerprint density at radius 3 is 2.57 bits per heavy atom. The summed E-state index contributed by atoms with van der Waals surface area (Å²) in [5.41, 5.74) is 0.00291. The number of benzene rings is 1. The fraction of sp³-hybridized carbons (Fsp3) is 0.462. The maximum atomic E-state index is 12.4. The SMILES string of the molecule is O=C(c1cc([N+](=O)[O-])ccc1Cl)N1CCN(CCO)CC1. The van der Waals surface area contributed by atoms with Crippen molar-refractivity contribution in [3.63, 3.8) is 0 Å². The van der Waals surface area contributed by atoms with Crippen molar-refractivity contribution in [3.05, 3.63) is 38.9 Å². The second-order valence-electron chi connectivity index (χ2n) is 4.78. The second-order valence-corrected chi connectivity index (χ2v) is 5.19. The molecule has 0 aromatic heterocycles. The van der Waals surface area contributed by atoms with Gasteiger partial charge in [0.05, 0.1) is 22.1 Å². The molecule has 1 aliphatic rings. The zero-order valence-corrected chi connectivity index (χ0v) is 12.1. The van der Waals surface area contributed by atoms with Gasteiger partial charge in [-0.15, -0.1) is 0 Å². The number of aliphatic hydroxyl groups excluding tert-OH is 1. The largest absolute Gasteiger partial charge is 0.395 e. The van der Waals surface area contributed by atoms with E-state index < -0.39 is 4.92 Å². The molecule has 0 unspecified atom stereocenters. The first-order valence-electron chi connectivity index (χ1n) is 6.59. The number of hydrogen-bond acceptors (Lipinski definition) is 5. The molecule has 1 amide bonds. The minimum atomic E-state index is -0.549. The third kappa shape index (κ3) is 3.69. The average molecular weight is 314 g/mol. The number of rotatable bonds is 4. The summed E-state index contributed by atoms with van der Waals surface area (Å²) in [5, 5.41) is 19.9. The maximum Gasteiger partial charge on any atom is 0.270 e. The van der Waals surface area contributed by atoms with Crippen LogP contribution in [0.15, 0.2) is 18.2 Å². The molecule has 0 saturated carbocycles. The summed E-state index contributed by atoms with van der Waals surface area (Å²) < 4.78 is 0. The molecule has 7 nitrogen and oxygen atoms in total. The first-order valence-corrected chi connectivity index (χ1v) is 6.97. The maximum absolute atomic E-state index is 12.4. The summed E-state index contributed by atoms with van der Waals surface area (Å²) in [5.74, 6) is -0.299. The van der Waals surface area contributed by atoms with E-state index in [1.165, 1.54) is 18.2 Å². The first-order chi connectivity index (χ1) is 10.0. The van der Waals surface area contributed by atoms with Crippen LogP contribution in [0.3, 0.4) is 0 Å². The molecule has 1 heterocycles. The summed E-state index contributed by atoms with van der Waals surface area (Å²) in [6, 6.07) is 3.86. The van der Waals surface area contributed by atoms with Gasteiger partial charge in [0.1, 0.15) is 0 Å². The first kappa shape index (κ1) is 15.7. The van der Waals surface area contributed by atoms with Crippen molar-refractivity contribution in [3.8, 4) is 0 Å². The quantitative estimate of drug-likeness (QED) is 0.662. The lowest BCUT2D eigenvalue weighted by atomic mass is 10.1. The van der Waals surface area contributed by atoms with E-state index in [2.05, 4.69) is 4.90 Å². The molecule has 1 fully saturated rings. The summed E-state index contributed by atoms with van der Waals surface area (Å²) in [6.45, 7) is 3.03. The average Bonchev–Trinajstić information content (AvgIpc) is 2.48. The van der Waals surface area contributed by atoms with Gasteiger partial charge in [-0.3, -0.25) is 19.8 Å². The molecule has 0 aliphatic carbocycles. The van der Waals surface area contributed by atoms with Gasteiger partial charge in [-0.1, -0.05) is 11.6 Å². The van der Waals surface area contributed by atoms with Crippen LogP contribution in [0.1, 0.15) is 10.4 Å². The second kappa shape index (κ2) is 6.84. The molecule has 1 aromatic rings. The van der Waals surface area contributed by atoms with Crippen molar-refractivity contribution in [2.45, 2.75) is 0 Å². The molecule has 2 rings (SSSR count). The van der Waals surface area contributed by atoms with Crippen molar-refractivity contribution in [1.82, 2.24) is 9.80 Å². The Kier molecular flexibility index (Phi) is 5.11. The molecule has 1 aromatic carbocycles. The van der Waals surface area contributed by atoms with Crippen LogP contribution in [0, 0.1) is 10.1 Å². The van der Waals surface area contributed by atoms with Crippen LogP contribution in [-0.4, -0.2) is 65.1 Å². The number of piperazine rings is 1. The van der Waals surface area contributed by atoms with Crippen molar-refractivity contribution in [1.29, 1.82) is 0 Å². The lowest BCUT2D eigenvalue weighted by Gasteiger charge is -2.34. The van der Waals surface area contributed by atoms with E-state index in [1.807, 2.05) is 0 Å². The number of β-amino-alcohol motifs (C(OH)–C–C–N with tert-alkyl or cyclic N) is 1. The molecule has 21 heavy (non-hydrogen) atoms. The number of halogens is 1. The number of carbonyl (C=O) groups is 1. The smallest absolute Gasteiger partial charge is 0.270 e. The van der Waals surface area contributed by atoms with E-state index in [0.29, 0.717) is 32.7 Å². The van der Waals surface area contributed by atoms with Gasteiger partial charge in [-0.25, -0.2) is 0 Å². The fourth-order valence-corrected chi connectivity index (χ4v) is 2.48. The molecule has 0 radical (unpaired) electrons. The third-order valence-corrected chi connectivity index (χ3v) is 3.80. The number of hydrogen-bond donors (Lipinski definition) is 1. The third-order valence-electron chi connectivity index (χ3n) is 3.47. The lowest BCUT2D eigenvalue weighted by Crippen LogP contribution is -2.49. The molecule has 1 aliphatic heterocycles. The van der Waals surface area contributed by atoms with Crippen LogP contribution in [0.25, 0.3) is 0 Å². The Morgan fingerprint density at radius 1 is 1.33 bits per heavy atom. The van der Waals surface area contributed by atoms with Gasteiger partial charge in [0, 0.05) is 44.9 Å². The molecular weight excluding hydrogens is 298 g/mol. The minimum absolute atomic E-state index is 0.0880. The molecule has 8 heteroatoms. The highest BCUT2D eigenvalue weighted by Gasteiger charge is 2.24. The van der Waals surface area contributed by atoms with E-state index in [1.54, 1.807) is 4.90 Å². The predicted octanol–water partition coefficient (Wildman–Crippen LogP) is 0.998. The molecule has 0 atom stereocenters.